The predicted molar refractivity (Wildman–Crippen MR) is 99.9 cm³/mol. The second kappa shape index (κ2) is 7.17. The fraction of sp³-hybridized carbons (Fsp3) is 0.600. The van der Waals surface area contributed by atoms with Gasteiger partial charge < -0.3 is 20.4 Å². The molecule has 26 heavy (non-hydrogen) atoms. The highest BCUT2D eigenvalue weighted by Gasteiger charge is 2.36. The van der Waals surface area contributed by atoms with E-state index < -0.39 is 0 Å². The maximum Gasteiger partial charge on any atom is 0.317 e. The number of urea groups is 2. The third-order valence-corrected chi connectivity index (χ3v) is 5.89. The summed E-state index contributed by atoms with van der Waals surface area (Å²) in [6, 6.07) is 8.96. The molecule has 0 bridgehead atoms. The average molecular weight is 356 g/mol. The predicted octanol–water partition coefficient (Wildman–Crippen LogP) is 2.65. The fourth-order valence-electron chi connectivity index (χ4n) is 4.12. The van der Waals surface area contributed by atoms with E-state index in [1.165, 1.54) is 24.0 Å². The normalized spacial score (nSPS) is 22.3. The van der Waals surface area contributed by atoms with E-state index in [-0.39, 0.29) is 24.1 Å². The van der Waals surface area contributed by atoms with E-state index in [0.29, 0.717) is 19.0 Å². The van der Waals surface area contributed by atoms with Crippen LogP contribution in [0.5, 0.6) is 0 Å². The van der Waals surface area contributed by atoms with E-state index in [4.69, 9.17) is 0 Å². The molecule has 1 saturated carbocycles. The summed E-state index contributed by atoms with van der Waals surface area (Å²) in [5, 5.41) is 6.13. The van der Waals surface area contributed by atoms with Gasteiger partial charge in [0.05, 0.1) is 6.04 Å². The van der Waals surface area contributed by atoms with Crippen LogP contribution in [0, 0.1) is 12.8 Å². The van der Waals surface area contributed by atoms with Crippen molar-refractivity contribution in [2.75, 3.05) is 26.2 Å². The third kappa shape index (κ3) is 3.64. The van der Waals surface area contributed by atoms with E-state index >= 15 is 0 Å². The Morgan fingerprint density at radius 1 is 1.12 bits per heavy atom. The Bertz CT molecular complexity index is 663. The molecule has 2 saturated heterocycles. The van der Waals surface area contributed by atoms with E-state index in [9.17, 15) is 9.59 Å². The lowest BCUT2D eigenvalue weighted by Crippen LogP contribution is -2.50. The maximum atomic E-state index is 12.8. The molecule has 1 aliphatic carbocycles. The van der Waals surface area contributed by atoms with E-state index in [0.717, 1.165) is 25.9 Å². The Balaban J connectivity index is 1.34. The zero-order valence-electron chi connectivity index (χ0n) is 15.4. The van der Waals surface area contributed by atoms with Gasteiger partial charge in [-0.2, -0.15) is 0 Å². The Kier molecular flexibility index (Phi) is 4.74. The monoisotopic (exact) mass is 356 g/mol. The summed E-state index contributed by atoms with van der Waals surface area (Å²) in [6.07, 6.45) is 4.09. The maximum absolute atomic E-state index is 12.8. The highest BCUT2D eigenvalue weighted by Crippen LogP contribution is 2.41. The average Bonchev–Trinajstić information content (AvgIpc) is 3.41. The van der Waals surface area contributed by atoms with Crippen LogP contribution in [0.4, 0.5) is 9.59 Å². The van der Waals surface area contributed by atoms with Crippen molar-refractivity contribution in [3.63, 3.8) is 0 Å². The SMILES string of the molecule is Cc1ccc([C@@H](NC(=O)N2CCC(N3CCNC3=O)CC2)C2CC2)cc1. The molecule has 4 amide bonds. The summed E-state index contributed by atoms with van der Waals surface area (Å²) < 4.78 is 0. The number of nitrogens with zero attached hydrogens (tertiary/aromatic N) is 2. The summed E-state index contributed by atoms with van der Waals surface area (Å²) in [5.74, 6) is 0.562. The smallest absolute Gasteiger partial charge is 0.317 e. The quantitative estimate of drug-likeness (QED) is 0.871. The van der Waals surface area contributed by atoms with Crippen LogP contribution in [-0.2, 0) is 0 Å². The third-order valence-electron chi connectivity index (χ3n) is 5.89. The van der Waals surface area contributed by atoms with Gasteiger partial charge in [0.1, 0.15) is 0 Å². The van der Waals surface area contributed by atoms with Gasteiger partial charge in [0.2, 0.25) is 0 Å². The van der Waals surface area contributed by atoms with Gasteiger partial charge in [0.25, 0.3) is 0 Å². The molecule has 1 aromatic rings. The van der Waals surface area contributed by atoms with Crippen LogP contribution in [0.1, 0.15) is 42.9 Å². The van der Waals surface area contributed by atoms with Crippen LogP contribution in [0.2, 0.25) is 0 Å². The number of carbonyl (C=O) groups is 2. The number of benzene rings is 1. The lowest BCUT2D eigenvalue weighted by atomic mass is 10.0. The molecule has 3 fully saturated rings. The van der Waals surface area contributed by atoms with Crippen LogP contribution >= 0.6 is 0 Å². The van der Waals surface area contributed by atoms with Gasteiger partial charge >= 0.3 is 12.1 Å². The van der Waals surface area contributed by atoms with Gasteiger partial charge in [-0.15, -0.1) is 0 Å². The molecule has 2 heterocycles. The molecule has 3 aliphatic rings. The highest BCUT2D eigenvalue weighted by atomic mass is 16.2. The Labute approximate surface area is 154 Å². The summed E-state index contributed by atoms with van der Waals surface area (Å²) in [7, 11) is 0. The molecule has 1 aromatic carbocycles. The molecule has 0 spiro atoms. The number of nitrogens with one attached hydrogen (secondary N) is 2. The molecule has 2 N–H and O–H groups in total. The van der Waals surface area contributed by atoms with Crippen molar-refractivity contribution in [2.24, 2.45) is 5.92 Å². The number of likely N-dealkylation sites (tertiary alicyclic amines) is 1. The minimum atomic E-state index is 0.0341. The summed E-state index contributed by atoms with van der Waals surface area (Å²) in [6.45, 7) is 5.03. The first-order chi connectivity index (χ1) is 12.6. The number of rotatable bonds is 4. The Morgan fingerprint density at radius 2 is 1.81 bits per heavy atom. The molecule has 0 unspecified atom stereocenters. The lowest BCUT2D eigenvalue weighted by Gasteiger charge is -2.36. The van der Waals surface area contributed by atoms with Gasteiger partial charge in [-0.1, -0.05) is 29.8 Å². The standard InChI is InChI=1S/C20H28N4O2/c1-14-2-4-15(5-3-14)18(16-6-7-16)22-20(26)23-11-8-17(9-12-23)24-13-10-21-19(24)25/h2-5,16-18H,6-13H2,1H3,(H,21,25)(H,22,26)/t18-/m1/s1. The van der Waals surface area contributed by atoms with Crippen molar-refractivity contribution in [2.45, 2.75) is 44.7 Å². The van der Waals surface area contributed by atoms with Crippen molar-refractivity contribution in [3.05, 3.63) is 35.4 Å². The van der Waals surface area contributed by atoms with E-state index in [1.54, 1.807) is 0 Å². The van der Waals surface area contributed by atoms with Crippen LogP contribution in [0.3, 0.4) is 0 Å². The van der Waals surface area contributed by atoms with Crippen LogP contribution in [0.15, 0.2) is 24.3 Å². The van der Waals surface area contributed by atoms with Crippen molar-refractivity contribution >= 4 is 12.1 Å². The molecular formula is C20H28N4O2. The summed E-state index contributed by atoms with van der Waals surface area (Å²) >= 11 is 0. The van der Waals surface area contributed by atoms with E-state index in [1.807, 2.05) is 9.80 Å². The molecular weight excluding hydrogens is 328 g/mol. The first kappa shape index (κ1) is 17.2. The minimum Gasteiger partial charge on any atom is -0.336 e. The van der Waals surface area contributed by atoms with Crippen molar-refractivity contribution in [1.82, 2.24) is 20.4 Å². The minimum absolute atomic E-state index is 0.0341. The van der Waals surface area contributed by atoms with Crippen LogP contribution < -0.4 is 10.6 Å². The second-order valence-electron chi connectivity index (χ2n) is 7.82. The first-order valence-corrected chi connectivity index (χ1v) is 9.78. The van der Waals surface area contributed by atoms with Crippen molar-refractivity contribution in [1.29, 1.82) is 0 Å². The summed E-state index contributed by atoms with van der Waals surface area (Å²) in [5.41, 5.74) is 2.44. The molecule has 0 aromatic heterocycles. The molecule has 140 valence electrons. The molecule has 6 nitrogen and oxygen atoms in total. The largest absolute Gasteiger partial charge is 0.336 e. The number of hydrogen-bond donors (Lipinski definition) is 2. The van der Waals surface area contributed by atoms with Gasteiger partial charge in [-0.3, -0.25) is 0 Å². The number of aryl methyl sites for hydroxylation is 1. The lowest BCUT2D eigenvalue weighted by molar-refractivity contribution is 0.139. The number of carbonyl (C=O) groups excluding carboxylic acids is 2. The second-order valence-corrected chi connectivity index (χ2v) is 7.82. The summed E-state index contributed by atoms with van der Waals surface area (Å²) in [4.78, 5) is 28.5. The molecule has 1 atom stereocenters. The zero-order chi connectivity index (χ0) is 18.1. The van der Waals surface area contributed by atoms with Gasteiger partial charge in [0, 0.05) is 32.2 Å². The number of hydrogen-bond acceptors (Lipinski definition) is 2. The van der Waals surface area contributed by atoms with Crippen molar-refractivity contribution in [3.8, 4) is 0 Å². The van der Waals surface area contributed by atoms with Gasteiger partial charge in [-0.05, 0) is 44.1 Å². The van der Waals surface area contributed by atoms with Gasteiger partial charge in [-0.25, -0.2) is 9.59 Å². The molecule has 2 aliphatic heterocycles. The highest BCUT2D eigenvalue weighted by molar-refractivity contribution is 5.77. The van der Waals surface area contributed by atoms with Crippen LogP contribution in [-0.4, -0.2) is 54.1 Å². The molecule has 4 rings (SSSR count). The van der Waals surface area contributed by atoms with Crippen LogP contribution in [0.25, 0.3) is 0 Å². The molecule has 0 radical (unpaired) electrons. The Hall–Kier alpha value is -2.24. The van der Waals surface area contributed by atoms with Gasteiger partial charge in [0.15, 0.2) is 0 Å². The first-order valence-electron chi connectivity index (χ1n) is 9.78. The van der Waals surface area contributed by atoms with Crippen molar-refractivity contribution < 1.29 is 9.59 Å². The fourth-order valence-corrected chi connectivity index (χ4v) is 4.12. The Morgan fingerprint density at radius 3 is 2.38 bits per heavy atom. The zero-order valence-corrected chi connectivity index (χ0v) is 15.4. The topological polar surface area (TPSA) is 64.7 Å². The number of piperidine rings is 1. The molecule has 6 heteroatoms. The number of amides is 4. The van der Waals surface area contributed by atoms with E-state index in [2.05, 4.69) is 41.8 Å².